The van der Waals surface area contributed by atoms with Crippen LogP contribution in [0, 0.1) is 6.92 Å². The molecule has 1 unspecified atom stereocenters. The molecule has 6 heteroatoms. The molecular weight excluding hydrogens is 336 g/mol. The van der Waals surface area contributed by atoms with E-state index in [1.165, 1.54) is 0 Å². The number of guanidine groups is 1. The summed E-state index contributed by atoms with van der Waals surface area (Å²) < 4.78 is 5.86. The number of ether oxygens (including phenoxy) is 1. The van der Waals surface area contributed by atoms with Crippen LogP contribution in [0.15, 0.2) is 47.5 Å². The van der Waals surface area contributed by atoms with Gasteiger partial charge in [-0.05, 0) is 57.2 Å². The smallest absolute Gasteiger partial charge is 0.191 e. The molecule has 1 aromatic heterocycles. The van der Waals surface area contributed by atoms with Gasteiger partial charge >= 0.3 is 0 Å². The summed E-state index contributed by atoms with van der Waals surface area (Å²) in [6, 6.07) is 13.3. The van der Waals surface area contributed by atoms with Crippen molar-refractivity contribution < 1.29 is 4.74 Å². The molecule has 134 valence electrons. The molecule has 2 rings (SSSR count). The molecule has 0 aliphatic rings. The van der Waals surface area contributed by atoms with Crippen molar-refractivity contribution >= 4 is 17.6 Å². The van der Waals surface area contributed by atoms with Gasteiger partial charge in [0.15, 0.2) is 5.96 Å². The molecule has 1 atom stereocenters. The average molecular weight is 361 g/mol. The molecule has 0 bridgehead atoms. The molecule has 0 aliphatic heterocycles. The topological polar surface area (TPSA) is 58.5 Å². The van der Waals surface area contributed by atoms with E-state index in [0.29, 0.717) is 18.1 Å². The summed E-state index contributed by atoms with van der Waals surface area (Å²) in [5.74, 6) is 1.54. The lowest BCUT2D eigenvalue weighted by atomic mass is 10.3. The molecule has 5 nitrogen and oxygen atoms in total. The van der Waals surface area contributed by atoms with Crippen molar-refractivity contribution in [2.45, 2.75) is 33.4 Å². The van der Waals surface area contributed by atoms with Gasteiger partial charge in [0.2, 0.25) is 0 Å². The van der Waals surface area contributed by atoms with E-state index < -0.39 is 0 Å². The summed E-state index contributed by atoms with van der Waals surface area (Å²) in [7, 11) is 0. The molecule has 0 fully saturated rings. The highest BCUT2D eigenvalue weighted by Gasteiger charge is 2.06. The maximum Gasteiger partial charge on any atom is 0.191 e. The van der Waals surface area contributed by atoms with E-state index in [-0.39, 0.29) is 6.10 Å². The van der Waals surface area contributed by atoms with Gasteiger partial charge in [0, 0.05) is 17.3 Å². The van der Waals surface area contributed by atoms with Gasteiger partial charge in [0.05, 0.1) is 18.8 Å². The predicted molar refractivity (Wildman–Crippen MR) is 103 cm³/mol. The molecule has 0 saturated heterocycles. The molecule has 2 aromatic rings. The number of pyridine rings is 1. The molecule has 1 aromatic carbocycles. The maximum atomic E-state index is 5.88. The van der Waals surface area contributed by atoms with Crippen molar-refractivity contribution in [1.29, 1.82) is 0 Å². The lowest BCUT2D eigenvalue weighted by molar-refractivity contribution is 0.224. The van der Waals surface area contributed by atoms with Crippen LogP contribution in [0.1, 0.15) is 25.2 Å². The Bertz CT molecular complexity index is 688. The van der Waals surface area contributed by atoms with E-state index in [4.69, 9.17) is 16.3 Å². The fourth-order valence-electron chi connectivity index (χ4n) is 2.22. The molecule has 0 saturated carbocycles. The van der Waals surface area contributed by atoms with Crippen molar-refractivity contribution in [3.63, 3.8) is 0 Å². The number of aromatic nitrogens is 1. The first kappa shape index (κ1) is 19.1. The van der Waals surface area contributed by atoms with E-state index in [9.17, 15) is 0 Å². The Morgan fingerprint density at radius 3 is 2.64 bits per heavy atom. The number of hydrogen-bond acceptors (Lipinski definition) is 3. The lowest BCUT2D eigenvalue weighted by Crippen LogP contribution is -2.41. The van der Waals surface area contributed by atoms with Gasteiger partial charge in [-0.25, -0.2) is 4.99 Å². The van der Waals surface area contributed by atoms with Gasteiger partial charge < -0.3 is 15.4 Å². The van der Waals surface area contributed by atoms with Crippen LogP contribution in [0.3, 0.4) is 0 Å². The third-order valence-electron chi connectivity index (χ3n) is 3.40. The Morgan fingerprint density at radius 2 is 1.96 bits per heavy atom. The first-order valence-electron chi connectivity index (χ1n) is 8.43. The summed E-state index contributed by atoms with van der Waals surface area (Å²) in [6.45, 7) is 7.98. The third kappa shape index (κ3) is 7.01. The number of benzene rings is 1. The van der Waals surface area contributed by atoms with E-state index in [0.717, 1.165) is 29.6 Å². The predicted octanol–water partition coefficient (Wildman–Crippen LogP) is 3.57. The van der Waals surface area contributed by atoms with Crippen LogP contribution in [0.2, 0.25) is 5.02 Å². The zero-order valence-electron chi connectivity index (χ0n) is 14.9. The van der Waals surface area contributed by atoms with Crippen molar-refractivity contribution in [3.05, 3.63) is 58.9 Å². The molecular formula is C19H25ClN4O. The Labute approximate surface area is 154 Å². The van der Waals surface area contributed by atoms with Gasteiger partial charge in [-0.2, -0.15) is 0 Å². The largest absolute Gasteiger partial charge is 0.489 e. The molecule has 1 heterocycles. The SMILES string of the molecule is CCNC(=NCc1cccc(C)n1)NCC(C)Oc1ccc(Cl)cc1. The van der Waals surface area contributed by atoms with E-state index in [2.05, 4.69) is 20.6 Å². The monoisotopic (exact) mass is 360 g/mol. The fraction of sp³-hybridized carbons (Fsp3) is 0.368. The van der Waals surface area contributed by atoms with Crippen LogP contribution < -0.4 is 15.4 Å². The number of halogens is 1. The van der Waals surface area contributed by atoms with Gasteiger partial charge in [0.1, 0.15) is 11.9 Å². The Kier molecular flexibility index (Phi) is 7.54. The van der Waals surface area contributed by atoms with Crippen molar-refractivity contribution in [2.75, 3.05) is 13.1 Å². The average Bonchev–Trinajstić information content (AvgIpc) is 2.59. The van der Waals surface area contributed by atoms with Crippen molar-refractivity contribution in [2.24, 2.45) is 4.99 Å². The summed E-state index contributed by atoms with van der Waals surface area (Å²) in [4.78, 5) is 9.04. The summed E-state index contributed by atoms with van der Waals surface area (Å²) in [5, 5.41) is 7.23. The van der Waals surface area contributed by atoms with Crippen LogP contribution in [0.5, 0.6) is 5.75 Å². The Hall–Kier alpha value is -2.27. The summed E-state index contributed by atoms with van der Waals surface area (Å²) in [6.07, 6.45) is -0.0119. The highest BCUT2D eigenvalue weighted by molar-refractivity contribution is 6.30. The summed E-state index contributed by atoms with van der Waals surface area (Å²) in [5.41, 5.74) is 1.94. The Balaban J connectivity index is 1.87. The molecule has 0 aliphatic carbocycles. The van der Waals surface area contributed by atoms with Gasteiger partial charge in [-0.1, -0.05) is 17.7 Å². The molecule has 0 amide bonds. The molecule has 2 N–H and O–H groups in total. The molecule has 0 spiro atoms. The first-order chi connectivity index (χ1) is 12.1. The minimum atomic E-state index is -0.0119. The van der Waals surface area contributed by atoms with Crippen molar-refractivity contribution in [1.82, 2.24) is 15.6 Å². The van der Waals surface area contributed by atoms with Gasteiger partial charge in [0.25, 0.3) is 0 Å². The Morgan fingerprint density at radius 1 is 1.20 bits per heavy atom. The second-order valence-electron chi connectivity index (χ2n) is 5.73. The van der Waals surface area contributed by atoms with E-state index in [1.54, 1.807) is 0 Å². The minimum absolute atomic E-state index is 0.0119. The number of hydrogen-bond donors (Lipinski definition) is 2. The van der Waals surface area contributed by atoms with Crippen LogP contribution in [0.25, 0.3) is 0 Å². The maximum absolute atomic E-state index is 5.88. The second-order valence-corrected chi connectivity index (χ2v) is 6.17. The number of rotatable bonds is 7. The number of aliphatic imine (C=N–C) groups is 1. The van der Waals surface area contributed by atoms with Crippen molar-refractivity contribution in [3.8, 4) is 5.75 Å². The summed E-state index contributed by atoms with van der Waals surface area (Å²) >= 11 is 5.88. The molecule has 0 radical (unpaired) electrons. The standard InChI is InChI=1S/C19H25ClN4O/c1-4-21-19(23-13-17-7-5-6-14(2)24-17)22-12-15(3)25-18-10-8-16(20)9-11-18/h5-11,15H,4,12-13H2,1-3H3,(H2,21,22,23). The molecule has 25 heavy (non-hydrogen) atoms. The van der Waals surface area contributed by atoms with Crippen LogP contribution in [0.4, 0.5) is 0 Å². The fourth-order valence-corrected chi connectivity index (χ4v) is 2.34. The number of aryl methyl sites for hydroxylation is 1. The highest BCUT2D eigenvalue weighted by atomic mass is 35.5. The van der Waals surface area contributed by atoms with E-state index in [1.807, 2.05) is 63.2 Å². The quantitative estimate of drug-likeness (QED) is 0.585. The van der Waals surface area contributed by atoms with Crippen LogP contribution in [-0.4, -0.2) is 30.1 Å². The van der Waals surface area contributed by atoms with Crippen LogP contribution in [-0.2, 0) is 6.54 Å². The normalized spacial score (nSPS) is 12.6. The lowest BCUT2D eigenvalue weighted by Gasteiger charge is -2.17. The van der Waals surface area contributed by atoms with E-state index >= 15 is 0 Å². The van der Waals surface area contributed by atoms with Gasteiger partial charge in [-0.15, -0.1) is 0 Å². The minimum Gasteiger partial charge on any atom is -0.489 e. The number of nitrogens with one attached hydrogen (secondary N) is 2. The number of nitrogens with zero attached hydrogens (tertiary/aromatic N) is 2. The highest BCUT2D eigenvalue weighted by Crippen LogP contribution is 2.16. The zero-order valence-corrected chi connectivity index (χ0v) is 15.7. The third-order valence-corrected chi connectivity index (χ3v) is 3.65. The van der Waals surface area contributed by atoms with Gasteiger partial charge in [-0.3, -0.25) is 4.98 Å². The first-order valence-corrected chi connectivity index (χ1v) is 8.81. The zero-order chi connectivity index (χ0) is 18.1. The van der Waals surface area contributed by atoms with Crippen LogP contribution >= 0.6 is 11.6 Å². The second kappa shape index (κ2) is 9.89.